The monoisotopic (exact) mass is 606 g/mol. The largest absolute Gasteiger partial charge is 0.493 e. The summed E-state index contributed by atoms with van der Waals surface area (Å²) in [4.78, 5) is 17.2. The minimum atomic E-state index is -4.33. The Morgan fingerprint density at radius 3 is 2.49 bits per heavy atom. The Morgan fingerprint density at radius 1 is 1.00 bits per heavy atom. The number of nitrogens with one attached hydrogen (secondary N) is 1. The molecule has 4 heterocycles. The van der Waals surface area contributed by atoms with Gasteiger partial charge in [0, 0.05) is 18.5 Å². The number of ether oxygens (including phenoxy) is 3. The van der Waals surface area contributed by atoms with Crippen molar-refractivity contribution in [1.82, 2.24) is 40.6 Å². The van der Waals surface area contributed by atoms with Crippen LogP contribution < -0.4 is 18.4 Å². The maximum Gasteiger partial charge on any atom is 0.358 e. The molecule has 4 aromatic heterocycles. The Kier molecular flexibility index (Phi) is 8.68. The third kappa shape index (κ3) is 6.65. The van der Waals surface area contributed by atoms with E-state index in [0.29, 0.717) is 11.5 Å². The number of rotatable bonds is 12. The van der Waals surface area contributed by atoms with E-state index in [1.165, 1.54) is 37.7 Å². The molecule has 0 saturated carbocycles. The second-order valence-corrected chi connectivity index (χ2v) is 10.6. The molecule has 0 radical (unpaired) electrons. The van der Waals surface area contributed by atoms with Crippen LogP contribution in [0.5, 0.6) is 29.0 Å². The number of H-pyrrole nitrogens is 1. The van der Waals surface area contributed by atoms with Crippen LogP contribution in [0.3, 0.4) is 0 Å². The summed E-state index contributed by atoms with van der Waals surface area (Å²) in [5.41, 5.74) is 1.28. The summed E-state index contributed by atoms with van der Waals surface area (Å²) in [7, 11) is -2.85. The van der Waals surface area contributed by atoms with Gasteiger partial charge in [0.2, 0.25) is 17.5 Å². The molecule has 0 amide bonds. The van der Waals surface area contributed by atoms with Gasteiger partial charge >= 0.3 is 10.1 Å². The van der Waals surface area contributed by atoms with Gasteiger partial charge in [0.25, 0.3) is 5.88 Å². The van der Waals surface area contributed by atoms with Gasteiger partial charge in [-0.05, 0) is 41.0 Å². The number of nitrogens with zero attached hydrogens (tertiary/aromatic N) is 7. The molecule has 0 fully saturated rings. The van der Waals surface area contributed by atoms with Crippen molar-refractivity contribution in [3.63, 3.8) is 0 Å². The Morgan fingerprint density at radius 2 is 1.81 bits per heavy atom. The van der Waals surface area contributed by atoms with E-state index in [9.17, 15) is 13.5 Å². The van der Waals surface area contributed by atoms with Gasteiger partial charge in [-0.2, -0.15) is 18.6 Å². The van der Waals surface area contributed by atoms with Crippen LogP contribution in [-0.4, -0.2) is 74.4 Å². The molecule has 16 heteroatoms. The number of hydrogen-bond acceptors (Lipinski definition) is 14. The highest BCUT2D eigenvalue weighted by atomic mass is 32.2. The van der Waals surface area contributed by atoms with Crippen molar-refractivity contribution in [1.29, 1.82) is 0 Å². The van der Waals surface area contributed by atoms with E-state index in [2.05, 4.69) is 40.6 Å². The molecule has 2 N–H and O–H groups in total. The van der Waals surface area contributed by atoms with Crippen molar-refractivity contribution in [2.24, 2.45) is 0 Å². The zero-order valence-electron chi connectivity index (χ0n) is 23.2. The third-order valence-corrected chi connectivity index (χ3v) is 7.02. The molecule has 0 aliphatic carbocycles. The Balaban J connectivity index is 1.60. The minimum Gasteiger partial charge on any atom is -0.493 e. The number of aromatic nitrogens is 8. The van der Waals surface area contributed by atoms with Crippen molar-refractivity contribution in [3.8, 4) is 51.9 Å². The number of tetrazole rings is 1. The summed E-state index contributed by atoms with van der Waals surface area (Å²) < 4.78 is 48.7. The van der Waals surface area contributed by atoms with Crippen molar-refractivity contribution in [3.05, 3.63) is 66.5 Å². The van der Waals surface area contributed by atoms with Gasteiger partial charge in [0.1, 0.15) is 12.3 Å². The van der Waals surface area contributed by atoms with E-state index < -0.39 is 10.1 Å². The number of aliphatic hydroxyl groups excluding tert-OH is 1. The highest BCUT2D eigenvalue weighted by Gasteiger charge is 2.25. The van der Waals surface area contributed by atoms with E-state index in [4.69, 9.17) is 18.4 Å². The Bertz CT molecular complexity index is 1800. The first-order valence-electron chi connectivity index (χ1n) is 12.9. The zero-order valence-corrected chi connectivity index (χ0v) is 24.0. The predicted molar refractivity (Wildman–Crippen MR) is 150 cm³/mol. The van der Waals surface area contributed by atoms with E-state index >= 15 is 0 Å². The van der Waals surface area contributed by atoms with E-state index in [1.54, 1.807) is 30.3 Å². The molecule has 0 aliphatic heterocycles. The highest BCUT2D eigenvalue weighted by molar-refractivity contribution is 7.87. The van der Waals surface area contributed by atoms with Gasteiger partial charge in [-0.25, -0.2) is 15.0 Å². The van der Waals surface area contributed by atoms with Crippen LogP contribution in [-0.2, 0) is 10.1 Å². The molecule has 0 bridgehead atoms. The predicted octanol–water partition coefficient (Wildman–Crippen LogP) is 3.18. The van der Waals surface area contributed by atoms with Crippen LogP contribution >= 0.6 is 0 Å². The fraction of sp³-hybridized carbons (Fsp3) is 0.222. The summed E-state index contributed by atoms with van der Waals surface area (Å²) in [6, 6.07) is 12.7. The molecular weight excluding hydrogens is 580 g/mol. The lowest BCUT2D eigenvalue weighted by atomic mass is 10.1. The van der Waals surface area contributed by atoms with E-state index in [1.807, 2.05) is 13.8 Å². The number of para-hydroxylation sites is 2. The fourth-order valence-electron chi connectivity index (χ4n) is 3.77. The zero-order chi connectivity index (χ0) is 30.4. The van der Waals surface area contributed by atoms with Crippen LogP contribution in [0.25, 0.3) is 22.9 Å². The van der Waals surface area contributed by atoms with Crippen molar-refractivity contribution in [2.45, 2.75) is 24.8 Å². The molecule has 0 spiro atoms. The van der Waals surface area contributed by atoms with Gasteiger partial charge in [-0.1, -0.05) is 32.0 Å². The molecule has 0 atom stereocenters. The van der Waals surface area contributed by atoms with Crippen molar-refractivity contribution >= 4 is 10.1 Å². The van der Waals surface area contributed by atoms with Crippen LogP contribution in [0.1, 0.15) is 25.3 Å². The molecular formula is C27H26N8O7S. The molecule has 43 heavy (non-hydrogen) atoms. The van der Waals surface area contributed by atoms with E-state index in [-0.39, 0.29) is 64.6 Å². The second-order valence-electron chi connectivity index (χ2n) is 9.09. The molecule has 0 aliphatic rings. The quantitative estimate of drug-likeness (QED) is 0.196. The standard InChI is InChI=1S/C27H26N8O7S/c1-16(2)17-8-9-23(29-15-17)43(37,38)42-22-10-11-28-25(31-22)18-14-19(26-32-34-35-33-26)30-27(40-13-12-36)24(18)41-21-7-5-4-6-20(21)39-3/h4-11,14-16,36H,12-13H2,1-3H3,(H,32,33,34,35). The highest BCUT2D eigenvalue weighted by Crippen LogP contribution is 2.43. The molecule has 5 rings (SSSR count). The number of aromatic amines is 1. The topological polar surface area (TPSA) is 197 Å². The molecule has 5 aromatic rings. The molecule has 15 nitrogen and oxygen atoms in total. The van der Waals surface area contributed by atoms with Crippen LogP contribution in [0.15, 0.2) is 66.0 Å². The number of methoxy groups -OCH3 is 1. The maximum atomic E-state index is 13.0. The summed E-state index contributed by atoms with van der Waals surface area (Å²) in [6.45, 7) is 3.50. The first-order chi connectivity index (χ1) is 20.8. The second kappa shape index (κ2) is 12.7. The van der Waals surface area contributed by atoms with Gasteiger partial charge in [-0.15, -0.1) is 10.2 Å². The van der Waals surface area contributed by atoms with Gasteiger partial charge in [0.05, 0.1) is 19.3 Å². The summed E-state index contributed by atoms with van der Waals surface area (Å²) in [5, 5.41) is 23.1. The van der Waals surface area contributed by atoms with Gasteiger partial charge in [-0.3, -0.25) is 0 Å². The van der Waals surface area contributed by atoms with Crippen molar-refractivity contribution in [2.75, 3.05) is 20.3 Å². The lowest BCUT2D eigenvalue weighted by Crippen LogP contribution is -2.13. The fourth-order valence-corrected chi connectivity index (χ4v) is 4.59. The van der Waals surface area contributed by atoms with Crippen LogP contribution in [0.2, 0.25) is 0 Å². The normalized spacial score (nSPS) is 11.4. The SMILES string of the molecule is COc1ccccc1Oc1c(-c2nccc(OS(=O)(=O)c3ccc(C(C)C)cn3)n2)cc(-c2nn[nH]n2)nc1OCCO. The number of benzene rings is 1. The molecule has 222 valence electrons. The lowest BCUT2D eigenvalue weighted by molar-refractivity contribution is 0.192. The molecule has 0 saturated heterocycles. The lowest BCUT2D eigenvalue weighted by Gasteiger charge is -2.17. The maximum absolute atomic E-state index is 13.0. The molecule has 1 aromatic carbocycles. The smallest absolute Gasteiger partial charge is 0.358 e. The first-order valence-corrected chi connectivity index (χ1v) is 14.3. The Hall–Kier alpha value is -5.22. The van der Waals surface area contributed by atoms with Gasteiger partial charge < -0.3 is 23.5 Å². The average molecular weight is 607 g/mol. The van der Waals surface area contributed by atoms with Crippen molar-refractivity contribution < 1.29 is 31.9 Å². The number of hydrogen-bond donors (Lipinski definition) is 2. The third-order valence-electron chi connectivity index (χ3n) is 5.88. The first kappa shape index (κ1) is 29.3. The Labute approximate surface area is 246 Å². The summed E-state index contributed by atoms with van der Waals surface area (Å²) in [6.07, 6.45) is 2.80. The van der Waals surface area contributed by atoms with Crippen LogP contribution in [0, 0.1) is 0 Å². The summed E-state index contributed by atoms with van der Waals surface area (Å²) in [5.74, 6) is 0.686. The average Bonchev–Trinajstić information content (AvgIpc) is 3.56. The summed E-state index contributed by atoms with van der Waals surface area (Å²) >= 11 is 0. The minimum absolute atomic E-state index is 0.0123. The molecule has 0 unspecified atom stereocenters. The van der Waals surface area contributed by atoms with Gasteiger partial charge in [0.15, 0.2) is 22.3 Å². The van der Waals surface area contributed by atoms with E-state index in [0.717, 1.165) is 5.56 Å². The van der Waals surface area contributed by atoms with Crippen LogP contribution in [0.4, 0.5) is 0 Å². The number of pyridine rings is 2. The number of aliphatic hydroxyl groups is 1.